The van der Waals surface area contributed by atoms with E-state index < -0.39 is 60.8 Å². The van der Waals surface area contributed by atoms with Gasteiger partial charge in [0.1, 0.15) is 18.3 Å². The summed E-state index contributed by atoms with van der Waals surface area (Å²) in [4.78, 5) is 15.5. The van der Waals surface area contributed by atoms with E-state index in [-0.39, 0.29) is 49.1 Å². The van der Waals surface area contributed by atoms with E-state index in [4.69, 9.17) is 42.6 Å². The molecule has 1 unspecified atom stereocenters. The number of phenolic OH excluding ortho intramolecular Hbond substituents is 1. The zero-order valence-corrected chi connectivity index (χ0v) is 28.0. The third kappa shape index (κ3) is 5.51. The molecule has 11 atom stereocenters. The summed E-state index contributed by atoms with van der Waals surface area (Å²) in [6.07, 6.45) is 3.04. The van der Waals surface area contributed by atoms with Crippen molar-refractivity contribution in [2.45, 2.75) is 68.2 Å². The Kier molecular flexibility index (Phi) is 8.61. The molecule has 264 valence electrons. The number of aromatic hydroxyl groups is 1. The summed E-state index contributed by atoms with van der Waals surface area (Å²) in [5.74, 6) is -0.380. The first-order chi connectivity index (χ1) is 23.8. The van der Waals surface area contributed by atoms with Crippen LogP contribution in [-0.4, -0.2) is 106 Å². The molecule has 2 N–H and O–H groups in total. The van der Waals surface area contributed by atoms with Gasteiger partial charge in [-0.15, -0.1) is 0 Å². The minimum atomic E-state index is -0.939. The Bertz CT molecular complexity index is 1590. The van der Waals surface area contributed by atoms with Crippen LogP contribution in [0.25, 0.3) is 0 Å². The quantitative estimate of drug-likeness (QED) is 0.326. The van der Waals surface area contributed by atoms with E-state index in [2.05, 4.69) is 12.2 Å². The van der Waals surface area contributed by atoms with Crippen molar-refractivity contribution in [3.05, 3.63) is 53.1 Å². The topological polar surface area (TPSA) is 144 Å². The van der Waals surface area contributed by atoms with Crippen LogP contribution in [0.5, 0.6) is 28.7 Å². The lowest BCUT2D eigenvalue weighted by Crippen LogP contribution is -2.67. The molecule has 8 rings (SSSR count). The summed E-state index contributed by atoms with van der Waals surface area (Å²) in [6.45, 7) is 0.432. The molecule has 0 bridgehead atoms. The van der Waals surface area contributed by atoms with Gasteiger partial charge in [0.25, 0.3) is 0 Å². The number of aliphatic hydroxyl groups excluding tert-OH is 1. The van der Waals surface area contributed by atoms with Gasteiger partial charge in [-0.2, -0.15) is 0 Å². The molecule has 0 radical (unpaired) electrons. The highest BCUT2D eigenvalue weighted by Gasteiger charge is 2.57. The third-order valence-corrected chi connectivity index (χ3v) is 10.9. The molecule has 13 nitrogen and oxygen atoms in total. The molecule has 2 aromatic carbocycles. The lowest BCUT2D eigenvalue weighted by atomic mass is 9.66. The summed E-state index contributed by atoms with van der Waals surface area (Å²) >= 11 is 0. The van der Waals surface area contributed by atoms with Gasteiger partial charge in [0.15, 0.2) is 35.6 Å². The van der Waals surface area contributed by atoms with Gasteiger partial charge in [-0.3, -0.25) is 9.69 Å². The van der Waals surface area contributed by atoms with Gasteiger partial charge in [-0.05, 0) is 74.3 Å². The zero-order chi connectivity index (χ0) is 34.0. The maximum absolute atomic E-state index is 13.7. The number of fused-ring (bicyclic) bond motifs is 4. The van der Waals surface area contributed by atoms with Crippen molar-refractivity contribution in [1.29, 1.82) is 0 Å². The molecule has 4 aliphatic heterocycles. The molecule has 2 aromatic rings. The smallest absolute Gasteiger partial charge is 0.310 e. The fourth-order valence-electron chi connectivity index (χ4n) is 8.49. The van der Waals surface area contributed by atoms with Crippen LogP contribution in [0.3, 0.4) is 0 Å². The number of esters is 1. The van der Waals surface area contributed by atoms with Gasteiger partial charge in [0.2, 0.25) is 12.5 Å². The second kappa shape index (κ2) is 12.9. The normalized spacial score (nSPS) is 36.1. The molecular formula is C36H43NO12. The fourth-order valence-corrected chi connectivity index (χ4v) is 8.49. The molecule has 49 heavy (non-hydrogen) atoms. The molecule has 0 spiro atoms. The number of cyclic esters (lactones) is 1. The van der Waals surface area contributed by atoms with Crippen LogP contribution in [0.2, 0.25) is 0 Å². The molecule has 0 saturated carbocycles. The number of ether oxygens (including phenoxy) is 9. The van der Waals surface area contributed by atoms with Crippen LogP contribution >= 0.6 is 0 Å². The Hall–Kier alpha value is -3.59. The Morgan fingerprint density at radius 1 is 0.918 bits per heavy atom. The van der Waals surface area contributed by atoms with Gasteiger partial charge in [0, 0.05) is 17.8 Å². The van der Waals surface area contributed by atoms with Crippen molar-refractivity contribution in [1.82, 2.24) is 4.90 Å². The van der Waals surface area contributed by atoms with Gasteiger partial charge >= 0.3 is 5.97 Å². The number of hydrogen-bond acceptors (Lipinski definition) is 13. The fraction of sp³-hybridized carbons (Fsp3) is 0.583. The number of likely N-dealkylation sites (N-methyl/N-ethyl adjacent to an activating group) is 1. The summed E-state index contributed by atoms with van der Waals surface area (Å²) < 4.78 is 54.5. The van der Waals surface area contributed by atoms with Crippen LogP contribution < -0.4 is 18.9 Å². The number of nitrogens with zero attached hydrogens (tertiary/aromatic N) is 1. The predicted octanol–water partition coefficient (Wildman–Crippen LogP) is 3.24. The molecule has 13 heteroatoms. The van der Waals surface area contributed by atoms with Crippen LogP contribution in [0.1, 0.15) is 48.0 Å². The summed E-state index contributed by atoms with van der Waals surface area (Å²) in [6, 6.07) is 6.61. The van der Waals surface area contributed by atoms with Gasteiger partial charge in [-0.25, -0.2) is 0 Å². The van der Waals surface area contributed by atoms with E-state index in [0.29, 0.717) is 17.1 Å². The molecule has 4 heterocycles. The number of allylic oxidation sites excluding steroid dienone is 2. The lowest BCUT2D eigenvalue weighted by Gasteiger charge is -2.51. The average molecular weight is 682 g/mol. The monoisotopic (exact) mass is 681 g/mol. The molecule has 3 saturated heterocycles. The first kappa shape index (κ1) is 32.6. The Morgan fingerprint density at radius 3 is 2.33 bits per heavy atom. The highest BCUT2D eigenvalue weighted by Crippen LogP contribution is 2.57. The first-order valence-electron chi connectivity index (χ1n) is 16.9. The van der Waals surface area contributed by atoms with Crippen LogP contribution in [0, 0.1) is 17.8 Å². The first-order valence-corrected chi connectivity index (χ1v) is 16.9. The van der Waals surface area contributed by atoms with Crippen LogP contribution in [0.15, 0.2) is 36.4 Å². The zero-order valence-electron chi connectivity index (χ0n) is 28.0. The molecule has 6 aliphatic rings. The predicted molar refractivity (Wildman–Crippen MR) is 171 cm³/mol. The van der Waals surface area contributed by atoms with Crippen LogP contribution in [0.4, 0.5) is 0 Å². The number of aliphatic hydroxyl groups is 1. The Labute approximate surface area is 284 Å². The van der Waals surface area contributed by atoms with E-state index in [0.717, 1.165) is 30.4 Å². The van der Waals surface area contributed by atoms with Crippen molar-refractivity contribution in [3.63, 3.8) is 0 Å². The third-order valence-electron chi connectivity index (χ3n) is 10.9. The minimum absolute atomic E-state index is 0.0615. The van der Waals surface area contributed by atoms with Gasteiger partial charge < -0.3 is 52.8 Å². The second-order valence-corrected chi connectivity index (χ2v) is 13.8. The van der Waals surface area contributed by atoms with Crippen molar-refractivity contribution in [2.75, 3.05) is 48.3 Å². The number of rotatable bonds is 7. The highest BCUT2D eigenvalue weighted by molar-refractivity contribution is 5.79. The number of carbonyl (C=O) groups is 1. The van der Waals surface area contributed by atoms with Gasteiger partial charge in [-0.1, -0.05) is 12.2 Å². The van der Waals surface area contributed by atoms with Crippen molar-refractivity contribution >= 4 is 5.97 Å². The SMILES string of the molecule is COc1cc([C@@H]2c3cc4c(cc3[C@@H](O[C@@H]3O[C@@H]5CO[C@H](C6CC=CCC6)O[C@H]5[C@H](O)[C@H]3N(C)C)[C@H]3COC(=O)[C@H]23)OCO4)cc(OC)c1O. The van der Waals surface area contributed by atoms with Crippen molar-refractivity contribution < 1.29 is 57.6 Å². The van der Waals surface area contributed by atoms with Crippen LogP contribution in [-0.2, 0) is 28.5 Å². The summed E-state index contributed by atoms with van der Waals surface area (Å²) in [5, 5.41) is 22.6. The van der Waals surface area contributed by atoms with E-state index in [1.807, 2.05) is 31.1 Å². The van der Waals surface area contributed by atoms with Crippen molar-refractivity contribution in [2.24, 2.45) is 17.8 Å². The maximum atomic E-state index is 13.7. The number of hydrogen-bond donors (Lipinski definition) is 2. The summed E-state index contributed by atoms with van der Waals surface area (Å²) in [5.41, 5.74) is 2.24. The van der Waals surface area contributed by atoms with Crippen molar-refractivity contribution in [3.8, 4) is 28.7 Å². The van der Waals surface area contributed by atoms with Gasteiger partial charge in [0.05, 0.1) is 45.5 Å². The molecule has 2 aliphatic carbocycles. The Balaban J connectivity index is 1.16. The Morgan fingerprint density at radius 2 is 1.65 bits per heavy atom. The number of methoxy groups -OCH3 is 2. The van der Waals surface area contributed by atoms with E-state index >= 15 is 0 Å². The molecule has 3 fully saturated rings. The van der Waals surface area contributed by atoms with E-state index in [9.17, 15) is 15.0 Å². The van der Waals surface area contributed by atoms with E-state index in [1.54, 1.807) is 12.1 Å². The molecule has 0 amide bonds. The largest absolute Gasteiger partial charge is 0.502 e. The minimum Gasteiger partial charge on any atom is -0.502 e. The summed E-state index contributed by atoms with van der Waals surface area (Å²) in [7, 11) is 6.66. The molecular weight excluding hydrogens is 638 g/mol. The maximum Gasteiger partial charge on any atom is 0.310 e. The van der Waals surface area contributed by atoms with E-state index in [1.165, 1.54) is 14.2 Å². The highest BCUT2D eigenvalue weighted by atomic mass is 16.8. The lowest BCUT2D eigenvalue weighted by molar-refractivity contribution is -0.364. The standard InChI is InChI=1S/C36H43NO12/c1-37(2)29-31(39)33-26(15-44-35(49-33)17-8-6-5-7-9-17)47-36(29)48-32-20-13-23-22(45-16-46-23)12-19(20)27(28-21(32)14-43-34(28)40)18-10-24(41-3)30(38)25(11-18)42-4/h5-6,10-13,17,21,26-29,31-33,35-36,38-39H,7-9,14-16H2,1-4H3/t17?,21-,26+,27+,28-,29+,31+,32+,33+,35-,36-/m0/s1. The average Bonchev–Trinajstić information content (AvgIpc) is 3.74. The number of benzene rings is 2. The molecule has 0 aromatic heterocycles. The number of phenols is 1. The second-order valence-electron chi connectivity index (χ2n) is 13.8. The number of carbonyl (C=O) groups excluding carboxylic acids is 1.